The molecule has 1 aromatic carbocycles. The SMILES string of the molecule is O=C(NCc1ccncc1)c1nc2c(s1)C(=O)C(Cc1ccc(F)c(F)c1)C(=O)N2. The first-order valence-corrected chi connectivity index (χ1v) is 9.71. The highest BCUT2D eigenvalue weighted by Crippen LogP contribution is 2.32. The number of hydrogen-bond acceptors (Lipinski definition) is 6. The molecular weight excluding hydrogens is 414 g/mol. The summed E-state index contributed by atoms with van der Waals surface area (Å²) >= 11 is 0.875. The monoisotopic (exact) mass is 428 g/mol. The van der Waals surface area contributed by atoms with Gasteiger partial charge in [-0.2, -0.15) is 0 Å². The molecule has 0 fully saturated rings. The average molecular weight is 428 g/mol. The zero-order valence-corrected chi connectivity index (χ0v) is 16.1. The van der Waals surface area contributed by atoms with Crippen LogP contribution in [-0.4, -0.2) is 27.6 Å². The predicted molar refractivity (Wildman–Crippen MR) is 104 cm³/mol. The van der Waals surface area contributed by atoms with Crippen molar-refractivity contribution in [3.05, 3.63) is 75.4 Å². The molecule has 10 heteroatoms. The van der Waals surface area contributed by atoms with E-state index < -0.39 is 35.1 Å². The van der Waals surface area contributed by atoms with Crippen molar-refractivity contribution in [1.82, 2.24) is 15.3 Å². The third-order valence-corrected chi connectivity index (χ3v) is 5.61. The van der Waals surface area contributed by atoms with Crippen LogP contribution in [0.5, 0.6) is 0 Å². The molecule has 0 radical (unpaired) electrons. The quantitative estimate of drug-likeness (QED) is 0.609. The van der Waals surface area contributed by atoms with Crippen LogP contribution >= 0.6 is 11.3 Å². The summed E-state index contributed by atoms with van der Waals surface area (Å²) in [6, 6.07) is 6.72. The molecule has 0 bridgehead atoms. The standard InChI is InChI=1S/C20H14F2N4O3S/c21-13-2-1-11(8-14(13)22)7-12-15(27)16-17(25-18(12)28)26-20(30-16)19(29)24-9-10-3-5-23-6-4-10/h1-6,8,12H,7,9H2,(H,24,29)(H,25,28). The molecule has 0 aliphatic carbocycles. The maximum Gasteiger partial charge on any atom is 0.280 e. The summed E-state index contributed by atoms with van der Waals surface area (Å²) in [5, 5.41) is 5.25. The molecule has 2 amide bonds. The van der Waals surface area contributed by atoms with E-state index in [4.69, 9.17) is 0 Å². The smallest absolute Gasteiger partial charge is 0.280 e. The molecule has 1 aliphatic rings. The maximum absolute atomic E-state index is 13.4. The molecule has 1 aliphatic heterocycles. The molecule has 1 atom stereocenters. The van der Waals surface area contributed by atoms with Gasteiger partial charge in [0.05, 0.1) is 0 Å². The molecule has 7 nitrogen and oxygen atoms in total. The number of amides is 2. The lowest BCUT2D eigenvalue weighted by Gasteiger charge is -2.19. The molecule has 0 spiro atoms. The second kappa shape index (κ2) is 8.07. The summed E-state index contributed by atoms with van der Waals surface area (Å²) in [5.41, 5.74) is 1.15. The van der Waals surface area contributed by atoms with Gasteiger partial charge in [0.15, 0.2) is 28.2 Å². The van der Waals surface area contributed by atoms with Gasteiger partial charge in [0.1, 0.15) is 10.8 Å². The van der Waals surface area contributed by atoms with Crippen molar-refractivity contribution >= 4 is 34.8 Å². The first kappa shape index (κ1) is 19.8. The average Bonchev–Trinajstić information content (AvgIpc) is 3.17. The largest absolute Gasteiger partial charge is 0.346 e. The van der Waals surface area contributed by atoms with E-state index in [2.05, 4.69) is 20.6 Å². The van der Waals surface area contributed by atoms with Crippen LogP contribution in [0.1, 0.15) is 30.6 Å². The van der Waals surface area contributed by atoms with E-state index in [-0.39, 0.29) is 28.7 Å². The number of hydrogen-bond donors (Lipinski definition) is 2. The van der Waals surface area contributed by atoms with Crippen LogP contribution in [0.25, 0.3) is 0 Å². The van der Waals surface area contributed by atoms with E-state index in [1.54, 1.807) is 24.5 Å². The van der Waals surface area contributed by atoms with Crippen molar-refractivity contribution in [2.75, 3.05) is 5.32 Å². The van der Waals surface area contributed by atoms with Crippen molar-refractivity contribution in [3.63, 3.8) is 0 Å². The highest BCUT2D eigenvalue weighted by molar-refractivity contribution is 7.16. The number of nitrogens with one attached hydrogen (secondary N) is 2. The summed E-state index contributed by atoms with van der Waals surface area (Å²) in [5.74, 6) is -4.74. The molecule has 3 heterocycles. The van der Waals surface area contributed by atoms with Crippen molar-refractivity contribution < 1.29 is 23.2 Å². The van der Waals surface area contributed by atoms with Crippen molar-refractivity contribution in [3.8, 4) is 0 Å². The van der Waals surface area contributed by atoms with E-state index in [0.717, 1.165) is 29.0 Å². The van der Waals surface area contributed by atoms with Gasteiger partial charge in [-0.15, -0.1) is 11.3 Å². The van der Waals surface area contributed by atoms with Gasteiger partial charge in [0, 0.05) is 18.9 Å². The van der Waals surface area contributed by atoms with Gasteiger partial charge in [-0.05, 0) is 41.8 Å². The van der Waals surface area contributed by atoms with Crippen LogP contribution in [0.4, 0.5) is 14.6 Å². The number of nitrogens with zero attached hydrogens (tertiary/aromatic N) is 2. The minimum Gasteiger partial charge on any atom is -0.346 e. The molecule has 0 saturated heterocycles. The molecule has 152 valence electrons. The number of anilines is 1. The Labute approximate surface area is 173 Å². The summed E-state index contributed by atoms with van der Waals surface area (Å²) in [6.07, 6.45) is 3.11. The second-order valence-electron chi connectivity index (χ2n) is 6.59. The molecule has 3 aromatic rings. The number of rotatable bonds is 5. The summed E-state index contributed by atoms with van der Waals surface area (Å²) in [6.45, 7) is 0.255. The van der Waals surface area contributed by atoms with Gasteiger partial charge in [0.25, 0.3) is 5.91 Å². The Kier molecular flexibility index (Phi) is 5.32. The van der Waals surface area contributed by atoms with Crippen molar-refractivity contribution in [1.29, 1.82) is 0 Å². The van der Waals surface area contributed by atoms with Crippen LogP contribution in [0.3, 0.4) is 0 Å². The first-order valence-electron chi connectivity index (χ1n) is 8.89. The Morgan fingerprint density at radius 3 is 2.60 bits per heavy atom. The minimum absolute atomic E-state index is 0.0330. The Bertz CT molecular complexity index is 1150. The number of carbonyl (C=O) groups excluding carboxylic acids is 3. The van der Waals surface area contributed by atoms with E-state index in [1.165, 1.54) is 6.07 Å². The van der Waals surface area contributed by atoms with Crippen LogP contribution in [0.15, 0.2) is 42.7 Å². The van der Waals surface area contributed by atoms with Crippen molar-refractivity contribution in [2.24, 2.45) is 5.92 Å². The first-order chi connectivity index (χ1) is 14.4. The maximum atomic E-state index is 13.4. The van der Waals surface area contributed by atoms with E-state index >= 15 is 0 Å². The van der Waals surface area contributed by atoms with Gasteiger partial charge in [-0.3, -0.25) is 19.4 Å². The number of fused-ring (bicyclic) bond motifs is 1. The fourth-order valence-electron chi connectivity index (χ4n) is 3.00. The molecular formula is C20H14F2N4O3S. The molecule has 30 heavy (non-hydrogen) atoms. The van der Waals surface area contributed by atoms with Crippen LogP contribution < -0.4 is 10.6 Å². The predicted octanol–water partition coefficient (Wildman–Crippen LogP) is 2.74. The zero-order valence-electron chi connectivity index (χ0n) is 15.3. The topological polar surface area (TPSA) is 101 Å². The fraction of sp³-hybridized carbons (Fsp3) is 0.150. The Balaban J connectivity index is 1.50. The lowest BCUT2D eigenvalue weighted by Crippen LogP contribution is -2.36. The third-order valence-electron chi connectivity index (χ3n) is 4.55. The number of ketones is 1. The molecule has 2 aromatic heterocycles. The van der Waals surface area contributed by atoms with Gasteiger partial charge >= 0.3 is 0 Å². The van der Waals surface area contributed by atoms with Crippen molar-refractivity contribution in [2.45, 2.75) is 13.0 Å². The highest BCUT2D eigenvalue weighted by atomic mass is 32.1. The highest BCUT2D eigenvalue weighted by Gasteiger charge is 2.37. The number of halogens is 2. The van der Waals surface area contributed by atoms with Gasteiger partial charge < -0.3 is 10.6 Å². The number of pyridine rings is 1. The van der Waals surface area contributed by atoms with Crippen LogP contribution in [0.2, 0.25) is 0 Å². The lowest BCUT2D eigenvalue weighted by molar-refractivity contribution is -0.118. The van der Waals surface area contributed by atoms with E-state index in [9.17, 15) is 23.2 Å². The fourth-order valence-corrected chi connectivity index (χ4v) is 3.93. The Hall–Kier alpha value is -3.53. The van der Waals surface area contributed by atoms with Gasteiger partial charge in [-0.25, -0.2) is 13.8 Å². The number of Topliss-reactive ketones (excluding diaryl/α,β-unsaturated/α-hetero) is 1. The van der Waals surface area contributed by atoms with Gasteiger partial charge in [-0.1, -0.05) is 6.07 Å². The van der Waals surface area contributed by atoms with E-state index in [1.807, 2.05) is 0 Å². The second-order valence-corrected chi connectivity index (χ2v) is 7.59. The third kappa shape index (κ3) is 3.94. The van der Waals surface area contributed by atoms with E-state index in [0.29, 0.717) is 5.56 Å². The van der Waals surface area contributed by atoms with Crippen LogP contribution in [0, 0.1) is 17.6 Å². The summed E-state index contributed by atoms with van der Waals surface area (Å²) in [7, 11) is 0. The summed E-state index contributed by atoms with van der Waals surface area (Å²) in [4.78, 5) is 45.7. The number of benzene rings is 1. The number of thiazole rings is 1. The zero-order chi connectivity index (χ0) is 21.3. The Morgan fingerprint density at radius 2 is 1.87 bits per heavy atom. The molecule has 4 rings (SSSR count). The van der Waals surface area contributed by atoms with Gasteiger partial charge in [0.2, 0.25) is 5.91 Å². The number of carbonyl (C=O) groups is 3. The molecule has 1 unspecified atom stereocenters. The number of aromatic nitrogens is 2. The minimum atomic E-state index is -1.12. The molecule has 0 saturated carbocycles. The molecule has 2 N–H and O–H groups in total. The van der Waals surface area contributed by atoms with Crippen LogP contribution in [-0.2, 0) is 17.8 Å². The normalized spacial score (nSPS) is 15.5. The Morgan fingerprint density at radius 1 is 1.10 bits per heavy atom. The summed E-state index contributed by atoms with van der Waals surface area (Å²) < 4.78 is 26.5. The lowest BCUT2D eigenvalue weighted by atomic mass is 9.91.